The molecule has 1 atom stereocenters. The predicted molar refractivity (Wildman–Crippen MR) is 105 cm³/mol. The van der Waals surface area contributed by atoms with Gasteiger partial charge in [-0.2, -0.15) is 0 Å². The fourth-order valence-corrected chi connectivity index (χ4v) is 4.40. The van der Waals surface area contributed by atoms with Crippen LogP contribution in [0.15, 0.2) is 49.1 Å². The third-order valence-corrected chi connectivity index (χ3v) is 5.88. The summed E-state index contributed by atoms with van der Waals surface area (Å²) in [7, 11) is 0. The summed E-state index contributed by atoms with van der Waals surface area (Å²) in [6, 6.07) is 11.4. The van der Waals surface area contributed by atoms with Crippen molar-refractivity contribution >= 4 is 23.2 Å². The second-order valence-electron chi connectivity index (χ2n) is 6.51. The fraction of sp³-hybridized carbons (Fsp3) is 0.333. The van der Waals surface area contributed by atoms with Crippen molar-refractivity contribution in [1.29, 1.82) is 0 Å². The molecule has 1 aromatic carbocycles. The number of hydrogen-bond donors (Lipinski definition) is 2. The number of fused-ring (bicyclic) bond motifs is 1. The molecule has 0 bridgehead atoms. The Hall–Kier alpha value is -2.40. The maximum absolute atomic E-state index is 12.6. The molecule has 1 aliphatic rings. The molecule has 3 rings (SSSR count). The maximum Gasteiger partial charge on any atom is 0.261 e. The number of hydrogen-bond acceptors (Lipinski definition) is 3. The molecule has 2 aromatic rings. The molecule has 0 spiro atoms. The molecule has 1 aromatic heterocycles. The summed E-state index contributed by atoms with van der Waals surface area (Å²) in [6.07, 6.45) is 7.07. The van der Waals surface area contributed by atoms with Gasteiger partial charge >= 0.3 is 0 Å². The first-order valence-electron chi connectivity index (χ1n) is 9.05. The van der Waals surface area contributed by atoms with Gasteiger partial charge in [0.25, 0.3) is 5.91 Å². The number of rotatable bonds is 6. The van der Waals surface area contributed by atoms with E-state index in [1.165, 1.54) is 35.8 Å². The van der Waals surface area contributed by atoms with Crippen LogP contribution in [0.2, 0.25) is 0 Å². The van der Waals surface area contributed by atoms with Gasteiger partial charge in [0.05, 0.1) is 10.9 Å². The Kier molecular flexibility index (Phi) is 6.23. The lowest BCUT2D eigenvalue weighted by atomic mass is 10.1. The van der Waals surface area contributed by atoms with Crippen LogP contribution in [0.3, 0.4) is 0 Å². The second kappa shape index (κ2) is 8.81. The van der Waals surface area contributed by atoms with Gasteiger partial charge in [0, 0.05) is 11.4 Å². The molecule has 26 heavy (non-hydrogen) atoms. The first-order chi connectivity index (χ1) is 12.7. The van der Waals surface area contributed by atoms with E-state index in [0.29, 0.717) is 6.54 Å². The summed E-state index contributed by atoms with van der Waals surface area (Å²) in [5, 5.41) is 5.85. The Morgan fingerprint density at radius 1 is 1.15 bits per heavy atom. The average Bonchev–Trinajstić information content (AvgIpc) is 2.96. The van der Waals surface area contributed by atoms with Gasteiger partial charge in [-0.25, -0.2) is 0 Å². The zero-order valence-corrected chi connectivity index (χ0v) is 15.6. The largest absolute Gasteiger partial charge is 0.349 e. The third-order valence-electron chi connectivity index (χ3n) is 4.64. The third kappa shape index (κ3) is 4.61. The van der Waals surface area contributed by atoms with Gasteiger partial charge in [-0.05, 0) is 49.0 Å². The van der Waals surface area contributed by atoms with E-state index in [1.807, 2.05) is 36.4 Å². The average molecular weight is 369 g/mol. The molecule has 136 valence electrons. The first-order valence-corrected chi connectivity index (χ1v) is 9.86. The normalized spacial score (nSPS) is 14.6. The lowest BCUT2D eigenvalue weighted by Crippen LogP contribution is -2.37. The predicted octanol–water partition coefficient (Wildman–Crippen LogP) is 3.79. The van der Waals surface area contributed by atoms with Gasteiger partial charge in [-0.15, -0.1) is 11.3 Å². The van der Waals surface area contributed by atoms with Crippen LogP contribution in [-0.4, -0.2) is 18.4 Å². The van der Waals surface area contributed by atoms with E-state index in [-0.39, 0.29) is 17.9 Å². The Morgan fingerprint density at radius 2 is 1.92 bits per heavy atom. The molecule has 2 amide bonds. The van der Waals surface area contributed by atoms with Crippen LogP contribution in [0, 0.1) is 0 Å². The van der Waals surface area contributed by atoms with Crippen molar-refractivity contribution in [3.63, 3.8) is 0 Å². The number of carbonyl (C=O) groups excluding carboxylic acids is 2. The van der Waals surface area contributed by atoms with Crippen LogP contribution in [0.4, 0.5) is 0 Å². The van der Waals surface area contributed by atoms with Crippen LogP contribution >= 0.6 is 11.3 Å². The van der Waals surface area contributed by atoms with E-state index in [9.17, 15) is 9.59 Å². The minimum absolute atomic E-state index is 0.0724. The van der Waals surface area contributed by atoms with E-state index in [4.69, 9.17) is 0 Å². The van der Waals surface area contributed by atoms with Gasteiger partial charge in [-0.3, -0.25) is 9.59 Å². The van der Waals surface area contributed by atoms with Gasteiger partial charge in [0.15, 0.2) is 0 Å². The Balaban J connectivity index is 1.67. The molecular formula is C21H24N2O2S. The van der Waals surface area contributed by atoms with Crippen molar-refractivity contribution in [3.8, 4) is 0 Å². The molecule has 2 N–H and O–H groups in total. The lowest BCUT2D eigenvalue weighted by Gasteiger charge is -2.19. The summed E-state index contributed by atoms with van der Waals surface area (Å²) >= 11 is 1.61. The highest BCUT2D eigenvalue weighted by Crippen LogP contribution is 2.29. The Morgan fingerprint density at radius 3 is 2.69 bits per heavy atom. The van der Waals surface area contributed by atoms with Gasteiger partial charge < -0.3 is 10.6 Å². The van der Waals surface area contributed by atoms with E-state index < -0.39 is 0 Å². The van der Waals surface area contributed by atoms with E-state index >= 15 is 0 Å². The summed E-state index contributed by atoms with van der Waals surface area (Å²) < 4.78 is 0. The fourth-order valence-electron chi connectivity index (χ4n) is 3.23. The number of benzene rings is 1. The number of aryl methyl sites for hydroxylation is 2. The number of nitrogens with one attached hydrogen (secondary N) is 2. The van der Waals surface area contributed by atoms with Crippen LogP contribution in [0.5, 0.6) is 0 Å². The molecule has 4 nitrogen and oxygen atoms in total. The zero-order chi connectivity index (χ0) is 18.4. The summed E-state index contributed by atoms with van der Waals surface area (Å²) in [5.41, 5.74) is 2.28. The molecule has 0 radical (unpaired) electrons. The van der Waals surface area contributed by atoms with Gasteiger partial charge in [0.2, 0.25) is 5.91 Å². The summed E-state index contributed by atoms with van der Waals surface area (Å²) in [6.45, 7) is 3.84. The zero-order valence-electron chi connectivity index (χ0n) is 14.8. The molecule has 1 aliphatic carbocycles. The lowest BCUT2D eigenvalue weighted by molar-refractivity contribution is -0.117. The summed E-state index contributed by atoms with van der Waals surface area (Å²) in [5.74, 6) is -0.326. The highest BCUT2D eigenvalue weighted by Gasteiger charge is 2.18. The molecule has 1 heterocycles. The van der Waals surface area contributed by atoms with E-state index in [2.05, 4.69) is 17.2 Å². The van der Waals surface area contributed by atoms with Crippen LogP contribution < -0.4 is 10.6 Å². The molecule has 5 heteroatoms. The quantitative estimate of drug-likeness (QED) is 0.602. The van der Waals surface area contributed by atoms with Crippen molar-refractivity contribution in [1.82, 2.24) is 10.6 Å². The SMILES string of the molecule is C=CC(=O)NC(CNC(=O)c1cc2c(s1)CCCCC2)c1ccccc1. The van der Waals surface area contributed by atoms with Crippen molar-refractivity contribution in [2.24, 2.45) is 0 Å². The number of carbonyl (C=O) groups is 2. The molecule has 0 fully saturated rings. The van der Waals surface area contributed by atoms with E-state index in [0.717, 1.165) is 23.3 Å². The van der Waals surface area contributed by atoms with Crippen molar-refractivity contribution in [2.45, 2.75) is 38.1 Å². The number of amides is 2. The molecule has 0 saturated heterocycles. The second-order valence-corrected chi connectivity index (χ2v) is 7.64. The van der Waals surface area contributed by atoms with Crippen LogP contribution in [-0.2, 0) is 17.6 Å². The maximum atomic E-state index is 12.6. The van der Waals surface area contributed by atoms with Crippen LogP contribution in [0.1, 0.15) is 51.0 Å². The minimum Gasteiger partial charge on any atom is -0.349 e. The van der Waals surface area contributed by atoms with Gasteiger partial charge in [-0.1, -0.05) is 43.3 Å². The Labute approximate surface area is 158 Å². The topological polar surface area (TPSA) is 58.2 Å². The molecule has 0 saturated carbocycles. The van der Waals surface area contributed by atoms with Crippen molar-refractivity contribution < 1.29 is 9.59 Å². The Bertz CT molecular complexity index is 759. The first kappa shape index (κ1) is 18.4. The minimum atomic E-state index is -0.288. The van der Waals surface area contributed by atoms with Crippen LogP contribution in [0.25, 0.3) is 0 Å². The monoisotopic (exact) mass is 368 g/mol. The van der Waals surface area contributed by atoms with Gasteiger partial charge in [0.1, 0.15) is 0 Å². The van der Waals surface area contributed by atoms with E-state index in [1.54, 1.807) is 11.3 Å². The summed E-state index contributed by atoms with van der Waals surface area (Å²) in [4.78, 5) is 26.5. The molecular weight excluding hydrogens is 344 g/mol. The smallest absolute Gasteiger partial charge is 0.261 e. The highest BCUT2D eigenvalue weighted by atomic mass is 32.1. The van der Waals surface area contributed by atoms with Crippen molar-refractivity contribution in [3.05, 3.63) is 69.9 Å². The highest BCUT2D eigenvalue weighted by molar-refractivity contribution is 7.14. The standard InChI is InChI=1S/C21H24N2O2S/c1-2-20(24)23-17(15-9-5-3-6-10-15)14-22-21(25)19-13-16-11-7-4-8-12-18(16)26-19/h2-3,5-6,9-10,13,17H,1,4,7-8,11-12,14H2,(H,22,25)(H,23,24). The molecule has 1 unspecified atom stereocenters. The van der Waals surface area contributed by atoms with Crippen molar-refractivity contribution in [2.75, 3.05) is 6.54 Å². The molecule has 0 aliphatic heterocycles. The number of thiophene rings is 1.